The van der Waals surface area contributed by atoms with Crippen molar-refractivity contribution in [3.63, 3.8) is 0 Å². The van der Waals surface area contributed by atoms with Crippen LogP contribution < -0.4 is 0 Å². The summed E-state index contributed by atoms with van der Waals surface area (Å²) in [5.41, 5.74) is 2.34. The average Bonchev–Trinajstić information content (AvgIpc) is 2.36. The zero-order valence-corrected chi connectivity index (χ0v) is 11.6. The number of hydrogen-bond donors (Lipinski definition) is 1. The molecule has 2 nitrogen and oxygen atoms in total. The fourth-order valence-corrected chi connectivity index (χ4v) is 4.14. The molecule has 3 rings (SSSR count). The zero-order valence-electron chi connectivity index (χ0n) is 11.6. The lowest BCUT2D eigenvalue weighted by Gasteiger charge is -2.42. The van der Waals surface area contributed by atoms with Crippen LogP contribution in [0.15, 0.2) is 24.3 Å². The highest BCUT2D eigenvalue weighted by Crippen LogP contribution is 2.49. The van der Waals surface area contributed by atoms with E-state index in [0.717, 1.165) is 32.1 Å². The molecule has 0 bridgehead atoms. The molecular weight excluding hydrogens is 236 g/mol. The van der Waals surface area contributed by atoms with Crippen LogP contribution in [0.3, 0.4) is 0 Å². The number of benzene rings is 1. The van der Waals surface area contributed by atoms with Crippen molar-refractivity contribution in [1.29, 1.82) is 0 Å². The van der Waals surface area contributed by atoms with Crippen LogP contribution in [0.2, 0.25) is 0 Å². The van der Waals surface area contributed by atoms with Crippen LogP contribution in [0.5, 0.6) is 0 Å². The summed E-state index contributed by atoms with van der Waals surface area (Å²) >= 11 is 0. The molecule has 0 amide bonds. The normalized spacial score (nSPS) is 33.3. The number of aliphatic carboxylic acids is 1. The first-order chi connectivity index (χ1) is 9.11. The molecule has 1 fully saturated rings. The largest absolute Gasteiger partial charge is 0.481 e. The fraction of sp³-hybridized carbons (Fsp3) is 0.588. The lowest BCUT2D eigenvalue weighted by atomic mass is 9.62. The highest BCUT2D eigenvalue weighted by atomic mass is 16.4. The van der Waals surface area contributed by atoms with Crippen molar-refractivity contribution in [3.05, 3.63) is 35.4 Å². The molecule has 1 N–H and O–H groups in total. The van der Waals surface area contributed by atoms with E-state index in [-0.39, 0.29) is 0 Å². The summed E-state index contributed by atoms with van der Waals surface area (Å²) in [7, 11) is 0. The van der Waals surface area contributed by atoms with Gasteiger partial charge in [-0.2, -0.15) is 0 Å². The SMILES string of the molecule is CC1CCCC(CC2Cc3ccccc32)(C(=O)O)C1. The Labute approximate surface area is 114 Å². The van der Waals surface area contributed by atoms with E-state index in [0.29, 0.717) is 11.8 Å². The highest BCUT2D eigenvalue weighted by Gasteiger charge is 2.45. The molecular formula is C17H22O2. The van der Waals surface area contributed by atoms with Crippen molar-refractivity contribution in [2.75, 3.05) is 0 Å². The summed E-state index contributed by atoms with van der Waals surface area (Å²) in [6.07, 6.45) is 5.90. The van der Waals surface area contributed by atoms with Crippen molar-refractivity contribution >= 4 is 5.97 Å². The van der Waals surface area contributed by atoms with Gasteiger partial charge in [-0.05, 0) is 48.6 Å². The third kappa shape index (κ3) is 2.18. The summed E-state index contributed by atoms with van der Waals surface area (Å²) < 4.78 is 0. The van der Waals surface area contributed by atoms with Crippen molar-refractivity contribution in [2.24, 2.45) is 11.3 Å². The Balaban J connectivity index is 1.79. The second-order valence-corrected chi connectivity index (χ2v) is 6.59. The predicted molar refractivity (Wildman–Crippen MR) is 75.2 cm³/mol. The van der Waals surface area contributed by atoms with Gasteiger partial charge in [0.25, 0.3) is 0 Å². The number of carboxylic acid groups (broad SMARTS) is 1. The van der Waals surface area contributed by atoms with Crippen molar-refractivity contribution < 1.29 is 9.90 Å². The van der Waals surface area contributed by atoms with Gasteiger partial charge in [0.1, 0.15) is 0 Å². The third-order valence-corrected chi connectivity index (χ3v) is 5.14. The van der Waals surface area contributed by atoms with Crippen LogP contribution in [-0.4, -0.2) is 11.1 Å². The van der Waals surface area contributed by atoms with E-state index < -0.39 is 11.4 Å². The molecule has 3 unspecified atom stereocenters. The molecule has 2 aliphatic carbocycles. The topological polar surface area (TPSA) is 37.3 Å². The molecule has 19 heavy (non-hydrogen) atoms. The van der Waals surface area contributed by atoms with Crippen LogP contribution in [0, 0.1) is 11.3 Å². The van der Waals surface area contributed by atoms with E-state index in [1.54, 1.807) is 0 Å². The Morgan fingerprint density at radius 3 is 2.89 bits per heavy atom. The Hall–Kier alpha value is -1.31. The number of carboxylic acids is 1. The maximum atomic E-state index is 11.8. The molecule has 102 valence electrons. The maximum Gasteiger partial charge on any atom is 0.309 e. The standard InChI is InChI=1S/C17H22O2/c1-12-5-4-8-17(10-12,16(18)19)11-14-9-13-6-2-3-7-15(13)14/h2-3,6-7,12,14H,4-5,8-11H2,1H3,(H,18,19). The van der Waals surface area contributed by atoms with Crippen LogP contribution >= 0.6 is 0 Å². The number of hydrogen-bond acceptors (Lipinski definition) is 1. The Bertz CT molecular complexity index is 494. The molecule has 0 saturated heterocycles. The van der Waals surface area contributed by atoms with E-state index in [1.807, 2.05) is 0 Å². The van der Waals surface area contributed by atoms with Gasteiger partial charge in [-0.15, -0.1) is 0 Å². The van der Waals surface area contributed by atoms with Crippen LogP contribution in [-0.2, 0) is 11.2 Å². The molecule has 0 aromatic heterocycles. The zero-order chi connectivity index (χ0) is 13.5. The summed E-state index contributed by atoms with van der Waals surface area (Å²) in [5, 5.41) is 9.72. The summed E-state index contributed by atoms with van der Waals surface area (Å²) in [6.45, 7) is 2.20. The average molecular weight is 258 g/mol. The second kappa shape index (κ2) is 4.66. The molecule has 0 heterocycles. The van der Waals surface area contributed by atoms with E-state index in [1.165, 1.54) is 17.5 Å². The van der Waals surface area contributed by atoms with Crippen LogP contribution in [0.25, 0.3) is 0 Å². The smallest absolute Gasteiger partial charge is 0.309 e. The van der Waals surface area contributed by atoms with Gasteiger partial charge in [0, 0.05) is 0 Å². The summed E-state index contributed by atoms with van der Waals surface area (Å²) in [4.78, 5) is 11.8. The summed E-state index contributed by atoms with van der Waals surface area (Å²) in [5.74, 6) is 0.459. The molecule has 0 spiro atoms. The predicted octanol–water partition coefficient (Wildman–Crippen LogP) is 4.00. The van der Waals surface area contributed by atoms with Gasteiger partial charge in [0.05, 0.1) is 5.41 Å². The Morgan fingerprint density at radius 2 is 2.21 bits per heavy atom. The van der Waals surface area contributed by atoms with E-state index in [9.17, 15) is 9.90 Å². The number of rotatable bonds is 3. The van der Waals surface area contributed by atoms with Crippen LogP contribution in [0.1, 0.15) is 56.1 Å². The number of fused-ring (bicyclic) bond motifs is 1. The van der Waals surface area contributed by atoms with Gasteiger partial charge in [0.2, 0.25) is 0 Å². The van der Waals surface area contributed by atoms with Gasteiger partial charge in [-0.25, -0.2) is 0 Å². The first kappa shape index (κ1) is 12.7. The monoisotopic (exact) mass is 258 g/mol. The lowest BCUT2D eigenvalue weighted by molar-refractivity contribution is -0.153. The maximum absolute atomic E-state index is 11.8. The van der Waals surface area contributed by atoms with Gasteiger partial charge in [-0.1, -0.05) is 44.0 Å². The van der Waals surface area contributed by atoms with Crippen molar-refractivity contribution in [2.45, 2.75) is 51.4 Å². The highest BCUT2D eigenvalue weighted by molar-refractivity contribution is 5.75. The van der Waals surface area contributed by atoms with Gasteiger partial charge in [-0.3, -0.25) is 4.79 Å². The molecule has 0 aliphatic heterocycles. The quantitative estimate of drug-likeness (QED) is 0.889. The fourth-order valence-electron chi connectivity index (χ4n) is 4.14. The van der Waals surface area contributed by atoms with E-state index in [2.05, 4.69) is 31.2 Å². The van der Waals surface area contributed by atoms with Gasteiger partial charge in [0.15, 0.2) is 0 Å². The first-order valence-electron chi connectivity index (χ1n) is 7.42. The Kier molecular flexibility index (Phi) is 3.12. The Morgan fingerprint density at radius 1 is 1.42 bits per heavy atom. The molecule has 1 saturated carbocycles. The van der Waals surface area contributed by atoms with Gasteiger partial charge < -0.3 is 5.11 Å². The summed E-state index contributed by atoms with van der Waals surface area (Å²) in [6, 6.07) is 8.49. The minimum absolute atomic E-state index is 0.462. The molecule has 2 heteroatoms. The molecule has 2 aliphatic rings. The first-order valence-corrected chi connectivity index (χ1v) is 7.42. The number of carbonyl (C=O) groups is 1. The lowest BCUT2D eigenvalue weighted by Crippen LogP contribution is -2.39. The van der Waals surface area contributed by atoms with E-state index >= 15 is 0 Å². The molecule has 0 radical (unpaired) electrons. The molecule has 1 aromatic carbocycles. The van der Waals surface area contributed by atoms with Crippen LogP contribution in [0.4, 0.5) is 0 Å². The van der Waals surface area contributed by atoms with Crippen molar-refractivity contribution in [1.82, 2.24) is 0 Å². The minimum Gasteiger partial charge on any atom is -0.481 e. The van der Waals surface area contributed by atoms with Crippen molar-refractivity contribution in [3.8, 4) is 0 Å². The van der Waals surface area contributed by atoms with E-state index in [4.69, 9.17) is 0 Å². The second-order valence-electron chi connectivity index (χ2n) is 6.59. The molecule has 3 atom stereocenters. The third-order valence-electron chi connectivity index (χ3n) is 5.14. The minimum atomic E-state index is -0.566. The van der Waals surface area contributed by atoms with Gasteiger partial charge >= 0.3 is 5.97 Å². The molecule has 1 aromatic rings.